The molecule has 1 aliphatic heterocycles. The Morgan fingerprint density at radius 2 is 2.12 bits per heavy atom. The maximum Gasteiger partial charge on any atom is 0.112 e. The van der Waals surface area contributed by atoms with Gasteiger partial charge in [-0.2, -0.15) is 0 Å². The zero-order valence-corrected chi connectivity index (χ0v) is 16.1. The number of morpholine rings is 1. The maximum atomic E-state index is 6.08. The van der Waals surface area contributed by atoms with Gasteiger partial charge >= 0.3 is 0 Å². The number of benzene rings is 1. The second-order valence-electron chi connectivity index (χ2n) is 6.42. The number of ether oxygens (including phenoxy) is 1. The third-order valence-electron chi connectivity index (χ3n) is 4.47. The van der Waals surface area contributed by atoms with Crippen molar-refractivity contribution >= 4 is 22.9 Å². The minimum atomic E-state index is 0.00572. The van der Waals surface area contributed by atoms with Crippen molar-refractivity contribution in [1.29, 1.82) is 0 Å². The Kier molecular flexibility index (Phi) is 5.31. The number of aryl methyl sites for hydroxylation is 1. The van der Waals surface area contributed by atoms with Crippen LogP contribution in [0.3, 0.4) is 0 Å². The van der Waals surface area contributed by atoms with Crippen molar-refractivity contribution in [3.05, 3.63) is 69.4 Å². The maximum absolute atomic E-state index is 6.08. The van der Waals surface area contributed by atoms with Crippen LogP contribution in [0.5, 0.6) is 0 Å². The summed E-state index contributed by atoms with van der Waals surface area (Å²) >= 11 is 7.84. The van der Waals surface area contributed by atoms with E-state index in [0.29, 0.717) is 0 Å². The summed E-state index contributed by atoms with van der Waals surface area (Å²) in [6.45, 7) is 5.47. The lowest BCUT2D eigenvalue weighted by atomic mass is 10.1. The van der Waals surface area contributed by atoms with Crippen molar-refractivity contribution < 1.29 is 4.74 Å². The molecule has 1 atom stereocenters. The Morgan fingerprint density at radius 1 is 1.19 bits per heavy atom. The Hall–Kier alpha value is -1.79. The lowest BCUT2D eigenvalue weighted by Crippen LogP contribution is -2.37. The summed E-state index contributed by atoms with van der Waals surface area (Å²) in [5.74, 6) is 0. The molecule has 4 nitrogen and oxygen atoms in total. The van der Waals surface area contributed by atoms with Crippen molar-refractivity contribution in [1.82, 2.24) is 14.9 Å². The van der Waals surface area contributed by atoms with Crippen molar-refractivity contribution in [3.8, 4) is 11.1 Å². The molecule has 1 aromatic carbocycles. The number of rotatable bonds is 4. The fourth-order valence-corrected chi connectivity index (χ4v) is 4.19. The van der Waals surface area contributed by atoms with E-state index >= 15 is 0 Å². The van der Waals surface area contributed by atoms with Gasteiger partial charge in [-0.1, -0.05) is 29.8 Å². The molecule has 0 spiro atoms. The van der Waals surface area contributed by atoms with Crippen LogP contribution in [0, 0.1) is 6.92 Å². The summed E-state index contributed by atoms with van der Waals surface area (Å²) in [6, 6.07) is 12.0. The highest BCUT2D eigenvalue weighted by Crippen LogP contribution is 2.26. The molecular weight excluding hydrogens is 366 g/mol. The van der Waals surface area contributed by atoms with Gasteiger partial charge in [0.25, 0.3) is 0 Å². The van der Waals surface area contributed by atoms with Crippen molar-refractivity contribution in [2.75, 3.05) is 19.7 Å². The number of halogens is 1. The first kappa shape index (κ1) is 17.6. The predicted octanol–water partition coefficient (Wildman–Crippen LogP) is 4.74. The molecule has 0 bridgehead atoms. The van der Waals surface area contributed by atoms with Gasteiger partial charge in [-0.3, -0.25) is 9.88 Å². The molecule has 0 N–H and O–H groups in total. The smallest absolute Gasteiger partial charge is 0.112 e. The van der Waals surface area contributed by atoms with Crippen LogP contribution in [0.15, 0.2) is 48.8 Å². The summed E-state index contributed by atoms with van der Waals surface area (Å²) in [6.07, 6.45) is 3.88. The molecule has 1 unspecified atom stereocenters. The van der Waals surface area contributed by atoms with Crippen LogP contribution in [0.1, 0.15) is 21.7 Å². The van der Waals surface area contributed by atoms with E-state index in [2.05, 4.69) is 27.0 Å². The van der Waals surface area contributed by atoms with E-state index in [1.807, 2.05) is 43.6 Å². The fraction of sp³-hybridized carbons (Fsp3) is 0.300. The Balaban J connectivity index is 1.45. The van der Waals surface area contributed by atoms with E-state index in [1.54, 1.807) is 11.3 Å². The molecule has 1 saturated heterocycles. The molecule has 1 fully saturated rings. The number of pyridine rings is 1. The van der Waals surface area contributed by atoms with Gasteiger partial charge in [-0.05, 0) is 30.7 Å². The summed E-state index contributed by atoms with van der Waals surface area (Å²) in [7, 11) is 0. The quantitative estimate of drug-likeness (QED) is 0.650. The van der Waals surface area contributed by atoms with Gasteiger partial charge in [0.15, 0.2) is 0 Å². The molecule has 134 valence electrons. The van der Waals surface area contributed by atoms with E-state index in [1.165, 1.54) is 4.88 Å². The van der Waals surface area contributed by atoms with Crippen LogP contribution in [0.4, 0.5) is 0 Å². The van der Waals surface area contributed by atoms with Gasteiger partial charge in [0, 0.05) is 47.5 Å². The summed E-state index contributed by atoms with van der Waals surface area (Å²) in [4.78, 5) is 12.7. The average molecular weight is 386 g/mol. The lowest BCUT2D eigenvalue weighted by Gasteiger charge is -2.32. The largest absolute Gasteiger partial charge is 0.369 e. The Labute approximate surface area is 162 Å². The van der Waals surface area contributed by atoms with Gasteiger partial charge in [0.2, 0.25) is 0 Å². The minimum Gasteiger partial charge on any atom is -0.369 e. The molecule has 0 amide bonds. The molecular formula is C20H20ClN3OS. The van der Waals surface area contributed by atoms with Crippen LogP contribution in [0.2, 0.25) is 5.02 Å². The number of hydrogen-bond acceptors (Lipinski definition) is 5. The summed E-state index contributed by atoms with van der Waals surface area (Å²) in [5.41, 5.74) is 3.10. The van der Waals surface area contributed by atoms with Crippen molar-refractivity contribution in [3.63, 3.8) is 0 Å². The highest BCUT2D eigenvalue weighted by atomic mass is 35.5. The molecule has 0 aliphatic carbocycles. The first-order valence-electron chi connectivity index (χ1n) is 8.64. The van der Waals surface area contributed by atoms with Crippen LogP contribution >= 0.6 is 22.9 Å². The van der Waals surface area contributed by atoms with Crippen LogP contribution in [-0.4, -0.2) is 34.6 Å². The molecule has 6 heteroatoms. The number of hydrogen-bond donors (Lipinski definition) is 0. The summed E-state index contributed by atoms with van der Waals surface area (Å²) in [5, 5.41) is 1.85. The predicted molar refractivity (Wildman–Crippen MR) is 106 cm³/mol. The Bertz CT molecular complexity index is 881. The van der Waals surface area contributed by atoms with Gasteiger partial charge in [-0.25, -0.2) is 4.98 Å². The second-order valence-corrected chi connectivity index (χ2v) is 8.18. The SMILES string of the molecule is Cc1ncc(CN2CCOC(c3ccc(-c4cccc(Cl)c4)cn3)C2)s1. The van der Waals surface area contributed by atoms with Crippen molar-refractivity contribution in [2.45, 2.75) is 19.6 Å². The zero-order chi connectivity index (χ0) is 17.9. The van der Waals surface area contributed by atoms with E-state index in [0.717, 1.165) is 53.1 Å². The molecule has 1 aliphatic rings. The molecule has 3 heterocycles. The van der Waals surface area contributed by atoms with Gasteiger partial charge in [0.1, 0.15) is 6.10 Å². The van der Waals surface area contributed by atoms with E-state index in [-0.39, 0.29) is 6.10 Å². The van der Waals surface area contributed by atoms with E-state index in [9.17, 15) is 0 Å². The van der Waals surface area contributed by atoms with Gasteiger partial charge in [-0.15, -0.1) is 11.3 Å². The van der Waals surface area contributed by atoms with E-state index in [4.69, 9.17) is 16.3 Å². The second kappa shape index (κ2) is 7.84. The van der Waals surface area contributed by atoms with Crippen molar-refractivity contribution in [2.24, 2.45) is 0 Å². The number of aromatic nitrogens is 2. The molecule has 0 radical (unpaired) electrons. The highest BCUT2D eigenvalue weighted by Gasteiger charge is 2.23. The van der Waals surface area contributed by atoms with Crippen LogP contribution < -0.4 is 0 Å². The monoisotopic (exact) mass is 385 g/mol. The standard InChI is InChI=1S/C20H20ClN3OS/c1-14-22-11-18(26-14)12-24-7-8-25-20(13-24)19-6-5-16(10-23-19)15-3-2-4-17(21)9-15/h2-6,9-11,20H,7-8,12-13H2,1H3. The molecule has 2 aromatic heterocycles. The van der Waals surface area contributed by atoms with Crippen LogP contribution in [0.25, 0.3) is 11.1 Å². The first-order chi connectivity index (χ1) is 12.7. The topological polar surface area (TPSA) is 38.2 Å². The highest BCUT2D eigenvalue weighted by molar-refractivity contribution is 7.11. The normalized spacial score (nSPS) is 18.2. The van der Waals surface area contributed by atoms with Gasteiger partial charge in [0.05, 0.1) is 17.3 Å². The van der Waals surface area contributed by atoms with Gasteiger partial charge < -0.3 is 4.74 Å². The number of thiazole rings is 1. The first-order valence-corrected chi connectivity index (χ1v) is 9.84. The molecule has 4 rings (SSSR count). The molecule has 3 aromatic rings. The van der Waals surface area contributed by atoms with E-state index < -0.39 is 0 Å². The third-order valence-corrected chi connectivity index (χ3v) is 5.61. The molecule has 26 heavy (non-hydrogen) atoms. The Morgan fingerprint density at radius 3 is 2.85 bits per heavy atom. The number of nitrogens with zero attached hydrogens (tertiary/aromatic N) is 3. The zero-order valence-electron chi connectivity index (χ0n) is 14.6. The molecule has 0 saturated carbocycles. The lowest BCUT2D eigenvalue weighted by molar-refractivity contribution is -0.0346. The van der Waals surface area contributed by atoms with Crippen LogP contribution in [-0.2, 0) is 11.3 Å². The fourth-order valence-electron chi connectivity index (χ4n) is 3.16. The third kappa shape index (κ3) is 4.13. The average Bonchev–Trinajstić information content (AvgIpc) is 3.07. The minimum absolute atomic E-state index is 0.00572. The summed E-state index contributed by atoms with van der Waals surface area (Å²) < 4.78 is 5.96.